The van der Waals surface area contributed by atoms with Crippen molar-refractivity contribution in [3.8, 4) is 16.6 Å². The van der Waals surface area contributed by atoms with E-state index in [4.69, 9.17) is 0 Å². The molecule has 2 aromatic heterocycles. The number of aromatic nitrogens is 2. The average Bonchev–Trinajstić information content (AvgIpc) is 2.97. The number of nitrogens with zero attached hydrogens (tertiary/aromatic N) is 3. The van der Waals surface area contributed by atoms with Crippen molar-refractivity contribution in [1.82, 2.24) is 9.55 Å². The minimum Gasteiger partial charge on any atom is -0.286 e. The second-order valence-corrected chi connectivity index (χ2v) is 8.45. The van der Waals surface area contributed by atoms with E-state index < -0.39 is 0 Å². The van der Waals surface area contributed by atoms with Gasteiger partial charge in [-0.15, -0.1) is 11.3 Å². The molecule has 0 bridgehead atoms. The van der Waals surface area contributed by atoms with Crippen LogP contribution in [0.1, 0.15) is 37.6 Å². The third-order valence-electron chi connectivity index (χ3n) is 3.58. The first kappa shape index (κ1) is 15.3. The summed E-state index contributed by atoms with van der Waals surface area (Å²) in [6, 6.07) is 6.10. The highest BCUT2D eigenvalue weighted by atomic mass is 32.2. The molecule has 0 radical (unpaired) electrons. The Kier molecular flexibility index (Phi) is 3.87. The molecule has 0 saturated heterocycles. The van der Waals surface area contributed by atoms with Gasteiger partial charge in [-0.1, -0.05) is 32.5 Å². The van der Waals surface area contributed by atoms with Crippen molar-refractivity contribution in [3.63, 3.8) is 0 Å². The third-order valence-corrected chi connectivity index (χ3v) is 6.16. The number of nitriles is 1. The van der Waals surface area contributed by atoms with Gasteiger partial charge in [0, 0.05) is 17.2 Å². The number of rotatable bonds is 1. The molecule has 0 fully saturated rings. The lowest BCUT2D eigenvalue weighted by Gasteiger charge is -2.18. The maximum Gasteiger partial charge on any atom is 0.272 e. The summed E-state index contributed by atoms with van der Waals surface area (Å²) in [4.78, 5) is 19.3. The second-order valence-electron chi connectivity index (χ2n) is 6.30. The van der Waals surface area contributed by atoms with Crippen LogP contribution in [0.5, 0.6) is 0 Å². The van der Waals surface area contributed by atoms with E-state index >= 15 is 0 Å². The second kappa shape index (κ2) is 5.56. The highest BCUT2D eigenvalue weighted by molar-refractivity contribution is 7.99. The Morgan fingerprint density at radius 1 is 1.36 bits per heavy atom. The van der Waals surface area contributed by atoms with Crippen molar-refractivity contribution in [3.05, 3.63) is 32.9 Å². The number of thiophene rings is 1. The van der Waals surface area contributed by atoms with Gasteiger partial charge >= 0.3 is 0 Å². The van der Waals surface area contributed by atoms with E-state index in [0.717, 1.165) is 22.2 Å². The molecule has 0 N–H and O–H groups in total. The molecule has 3 heterocycles. The molecular formula is C16H17N3OS2. The zero-order chi connectivity index (χ0) is 15.9. The first-order valence-corrected chi connectivity index (χ1v) is 9.00. The SMILES string of the molecule is CC(C)(C)c1ccc(-c2nc3n(c(=O)c2C#N)CCCS3)s1. The summed E-state index contributed by atoms with van der Waals surface area (Å²) >= 11 is 3.20. The molecule has 0 spiro atoms. The Morgan fingerprint density at radius 3 is 2.77 bits per heavy atom. The molecule has 1 aliphatic heterocycles. The molecule has 22 heavy (non-hydrogen) atoms. The Balaban J connectivity index is 2.19. The Labute approximate surface area is 137 Å². The molecule has 114 valence electrons. The summed E-state index contributed by atoms with van der Waals surface area (Å²) in [5.74, 6) is 0.968. The van der Waals surface area contributed by atoms with Crippen LogP contribution in [0.2, 0.25) is 0 Å². The van der Waals surface area contributed by atoms with Crippen molar-refractivity contribution >= 4 is 23.1 Å². The topological polar surface area (TPSA) is 58.7 Å². The van der Waals surface area contributed by atoms with E-state index in [0.29, 0.717) is 12.2 Å². The van der Waals surface area contributed by atoms with Gasteiger partial charge in [0.15, 0.2) is 5.16 Å². The van der Waals surface area contributed by atoms with Crippen LogP contribution in [0.3, 0.4) is 0 Å². The standard InChI is InChI=1S/C16H17N3OS2/c1-16(2,3)12-6-5-11(22-12)13-10(9-17)14(20)19-7-4-8-21-15(19)18-13/h5-6H,4,7-8H2,1-3H3. The quantitative estimate of drug-likeness (QED) is 0.749. The molecule has 6 heteroatoms. The molecule has 0 aliphatic carbocycles. The van der Waals surface area contributed by atoms with Gasteiger partial charge < -0.3 is 0 Å². The van der Waals surface area contributed by atoms with Crippen LogP contribution in [0.25, 0.3) is 10.6 Å². The summed E-state index contributed by atoms with van der Waals surface area (Å²) in [6.45, 7) is 7.11. The molecule has 0 aromatic carbocycles. The summed E-state index contributed by atoms with van der Waals surface area (Å²) in [7, 11) is 0. The smallest absolute Gasteiger partial charge is 0.272 e. The van der Waals surface area contributed by atoms with Gasteiger partial charge in [0.05, 0.1) is 4.88 Å². The largest absolute Gasteiger partial charge is 0.286 e. The summed E-state index contributed by atoms with van der Waals surface area (Å²) < 4.78 is 1.63. The lowest BCUT2D eigenvalue weighted by molar-refractivity contribution is 0.563. The van der Waals surface area contributed by atoms with Gasteiger partial charge in [-0.3, -0.25) is 9.36 Å². The Bertz CT molecular complexity index is 821. The van der Waals surface area contributed by atoms with Crippen LogP contribution >= 0.6 is 23.1 Å². The van der Waals surface area contributed by atoms with Crippen LogP contribution in [-0.2, 0) is 12.0 Å². The maximum absolute atomic E-state index is 12.5. The minimum atomic E-state index is -0.208. The minimum absolute atomic E-state index is 0.0493. The van der Waals surface area contributed by atoms with E-state index in [-0.39, 0.29) is 16.5 Å². The van der Waals surface area contributed by atoms with E-state index in [2.05, 4.69) is 37.9 Å². The number of fused-ring (bicyclic) bond motifs is 1. The molecule has 0 saturated carbocycles. The van der Waals surface area contributed by atoms with Crippen molar-refractivity contribution in [1.29, 1.82) is 5.26 Å². The van der Waals surface area contributed by atoms with Gasteiger partial charge in [0.1, 0.15) is 17.3 Å². The molecule has 0 unspecified atom stereocenters. The normalized spacial score (nSPS) is 14.5. The molecule has 1 aliphatic rings. The fraction of sp³-hybridized carbons (Fsp3) is 0.438. The molecule has 0 amide bonds. The van der Waals surface area contributed by atoms with Gasteiger partial charge in [-0.2, -0.15) is 5.26 Å². The summed E-state index contributed by atoms with van der Waals surface area (Å²) in [5, 5.41) is 10.2. The molecule has 3 rings (SSSR count). The first-order valence-electron chi connectivity index (χ1n) is 7.20. The fourth-order valence-corrected chi connectivity index (χ4v) is 4.38. The monoisotopic (exact) mass is 331 g/mol. The van der Waals surface area contributed by atoms with Crippen LogP contribution < -0.4 is 5.56 Å². The van der Waals surface area contributed by atoms with E-state index in [1.807, 2.05) is 6.07 Å². The van der Waals surface area contributed by atoms with Gasteiger partial charge in [-0.05, 0) is 24.0 Å². The fourth-order valence-electron chi connectivity index (χ4n) is 2.38. The Morgan fingerprint density at radius 2 is 2.14 bits per heavy atom. The molecule has 4 nitrogen and oxygen atoms in total. The number of hydrogen-bond acceptors (Lipinski definition) is 5. The van der Waals surface area contributed by atoms with E-state index in [9.17, 15) is 10.1 Å². The average molecular weight is 331 g/mol. The van der Waals surface area contributed by atoms with Crippen molar-refractivity contribution in [2.24, 2.45) is 0 Å². The van der Waals surface area contributed by atoms with Gasteiger partial charge in [0.25, 0.3) is 5.56 Å². The van der Waals surface area contributed by atoms with Crippen LogP contribution in [0.4, 0.5) is 0 Å². The van der Waals surface area contributed by atoms with Crippen molar-refractivity contribution < 1.29 is 0 Å². The maximum atomic E-state index is 12.5. The first-order chi connectivity index (χ1) is 10.4. The van der Waals surface area contributed by atoms with Gasteiger partial charge in [0.2, 0.25) is 0 Å². The Hall–Kier alpha value is -1.58. The summed E-state index contributed by atoms with van der Waals surface area (Å²) in [6.07, 6.45) is 0.941. The van der Waals surface area contributed by atoms with Crippen LogP contribution in [0, 0.1) is 11.3 Å². The number of thioether (sulfide) groups is 1. The van der Waals surface area contributed by atoms with Crippen molar-refractivity contribution in [2.45, 2.75) is 44.3 Å². The summed E-state index contributed by atoms with van der Waals surface area (Å²) in [5.41, 5.74) is 0.538. The predicted octanol–water partition coefficient (Wildman–Crippen LogP) is 3.64. The highest BCUT2D eigenvalue weighted by Gasteiger charge is 2.23. The lowest BCUT2D eigenvalue weighted by Crippen LogP contribution is -2.28. The predicted molar refractivity (Wildman–Crippen MR) is 90.6 cm³/mol. The number of hydrogen-bond donors (Lipinski definition) is 0. The van der Waals surface area contributed by atoms with E-state index in [1.54, 1.807) is 27.7 Å². The van der Waals surface area contributed by atoms with E-state index in [1.165, 1.54) is 4.88 Å². The van der Waals surface area contributed by atoms with Crippen LogP contribution in [0.15, 0.2) is 22.1 Å². The molecule has 2 aromatic rings. The van der Waals surface area contributed by atoms with Crippen molar-refractivity contribution in [2.75, 3.05) is 5.75 Å². The zero-order valence-electron chi connectivity index (χ0n) is 12.8. The molecular weight excluding hydrogens is 314 g/mol. The lowest BCUT2D eigenvalue weighted by atomic mass is 9.95. The zero-order valence-corrected chi connectivity index (χ0v) is 14.5. The van der Waals surface area contributed by atoms with Crippen LogP contribution in [-0.4, -0.2) is 15.3 Å². The third kappa shape index (κ3) is 2.59. The molecule has 0 atom stereocenters. The van der Waals surface area contributed by atoms with Gasteiger partial charge in [-0.25, -0.2) is 4.98 Å². The highest BCUT2D eigenvalue weighted by Crippen LogP contribution is 2.36.